The standard InChI is InChI=1S/C18H24FN5O/c1-12(2)24-13(3)17(21-22-24)18(25)20-14-7-6-10-23(11-14)16-9-5-4-8-15(16)19/h4-5,8-9,12,14H,6-7,10-11H2,1-3H3,(H,20,25)/t14-/m0/s1. The molecule has 2 heterocycles. The van der Waals surface area contributed by atoms with Gasteiger partial charge in [-0.3, -0.25) is 4.79 Å². The number of piperidine rings is 1. The summed E-state index contributed by atoms with van der Waals surface area (Å²) in [5, 5.41) is 11.1. The lowest BCUT2D eigenvalue weighted by atomic mass is 10.0. The molecule has 0 radical (unpaired) electrons. The average molecular weight is 345 g/mol. The number of nitrogens with zero attached hydrogens (tertiary/aromatic N) is 4. The first-order valence-electron chi connectivity index (χ1n) is 8.69. The third-order valence-electron chi connectivity index (χ3n) is 4.58. The van der Waals surface area contributed by atoms with Gasteiger partial charge >= 0.3 is 0 Å². The van der Waals surface area contributed by atoms with E-state index < -0.39 is 0 Å². The average Bonchev–Trinajstić information content (AvgIpc) is 2.97. The van der Waals surface area contributed by atoms with Crippen LogP contribution < -0.4 is 10.2 Å². The summed E-state index contributed by atoms with van der Waals surface area (Å²) >= 11 is 0. The summed E-state index contributed by atoms with van der Waals surface area (Å²) in [6, 6.07) is 6.87. The number of carbonyl (C=O) groups excluding carboxylic acids is 1. The van der Waals surface area contributed by atoms with Crippen LogP contribution in [0.25, 0.3) is 0 Å². The molecule has 0 spiro atoms. The maximum absolute atomic E-state index is 14.0. The van der Waals surface area contributed by atoms with Crippen molar-refractivity contribution in [2.45, 2.75) is 45.7 Å². The highest BCUT2D eigenvalue weighted by molar-refractivity contribution is 5.93. The van der Waals surface area contributed by atoms with Crippen molar-refractivity contribution in [1.29, 1.82) is 0 Å². The number of hydrogen-bond donors (Lipinski definition) is 1. The molecule has 0 aliphatic carbocycles. The van der Waals surface area contributed by atoms with Crippen molar-refractivity contribution in [3.63, 3.8) is 0 Å². The topological polar surface area (TPSA) is 63.1 Å². The van der Waals surface area contributed by atoms with Gasteiger partial charge in [0, 0.05) is 25.2 Å². The maximum Gasteiger partial charge on any atom is 0.274 e. The van der Waals surface area contributed by atoms with Gasteiger partial charge in [0.1, 0.15) is 5.82 Å². The Morgan fingerprint density at radius 3 is 2.80 bits per heavy atom. The molecule has 1 fully saturated rings. The number of benzene rings is 1. The zero-order valence-electron chi connectivity index (χ0n) is 14.9. The third-order valence-corrected chi connectivity index (χ3v) is 4.58. The number of para-hydroxylation sites is 1. The van der Waals surface area contributed by atoms with Crippen LogP contribution in [0.5, 0.6) is 0 Å². The van der Waals surface area contributed by atoms with Gasteiger partial charge < -0.3 is 10.2 Å². The van der Waals surface area contributed by atoms with Crippen molar-refractivity contribution in [3.8, 4) is 0 Å². The van der Waals surface area contributed by atoms with E-state index in [0.717, 1.165) is 25.1 Å². The summed E-state index contributed by atoms with van der Waals surface area (Å²) in [6.45, 7) is 7.22. The monoisotopic (exact) mass is 345 g/mol. The normalized spacial score (nSPS) is 17.8. The molecular weight excluding hydrogens is 321 g/mol. The fourth-order valence-electron chi connectivity index (χ4n) is 3.32. The highest BCUT2D eigenvalue weighted by atomic mass is 19.1. The number of carbonyl (C=O) groups is 1. The van der Waals surface area contributed by atoms with Crippen molar-refractivity contribution < 1.29 is 9.18 Å². The van der Waals surface area contributed by atoms with Crippen LogP contribution >= 0.6 is 0 Å². The molecule has 1 aliphatic rings. The zero-order valence-corrected chi connectivity index (χ0v) is 14.9. The van der Waals surface area contributed by atoms with Crippen LogP contribution in [0.4, 0.5) is 10.1 Å². The van der Waals surface area contributed by atoms with Gasteiger partial charge in [0.15, 0.2) is 5.69 Å². The molecular formula is C18H24FN5O. The second-order valence-corrected chi connectivity index (χ2v) is 6.77. The third kappa shape index (κ3) is 3.65. The van der Waals surface area contributed by atoms with Gasteiger partial charge in [-0.15, -0.1) is 5.10 Å². The first-order chi connectivity index (χ1) is 12.0. The molecule has 25 heavy (non-hydrogen) atoms. The number of rotatable bonds is 4. The molecule has 1 saturated heterocycles. The van der Waals surface area contributed by atoms with Crippen LogP contribution in [0.2, 0.25) is 0 Å². The second-order valence-electron chi connectivity index (χ2n) is 6.77. The molecule has 1 aromatic carbocycles. The van der Waals surface area contributed by atoms with E-state index in [1.54, 1.807) is 16.8 Å². The minimum Gasteiger partial charge on any atom is -0.367 e. The predicted molar refractivity (Wildman–Crippen MR) is 94.2 cm³/mol. The van der Waals surface area contributed by atoms with Crippen LogP contribution in [0.1, 0.15) is 48.9 Å². The summed E-state index contributed by atoms with van der Waals surface area (Å²) in [5.74, 6) is -0.449. The van der Waals surface area contributed by atoms with Crippen LogP contribution in [0.15, 0.2) is 24.3 Å². The van der Waals surface area contributed by atoms with Crippen LogP contribution in [-0.2, 0) is 0 Å². The first-order valence-corrected chi connectivity index (χ1v) is 8.69. The summed E-state index contributed by atoms with van der Waals surface area (Å²) in [5.41, 5.74) is 1.70. The first kappa shape index (κ1) is 17.4. The number of hydrogen-bond acceptors (Lipinski definition) is 4. The highest BCUT2D eigenvalue weighted by Gasteiger charge is 2.25. The number of amides is 1. The fourth-order valence-corrected chi connectivity index (χ4v) is 3.32. The van der Waals surface area contributed by atoms with Crippen LogP contribution in [-0.4, -0.2) is 40.0 Å². The summed E-state index contributed by atoms with van der Waals surface area (Å²) < 4.78 is 15.7. The van der Waals surface area contributed by atoms with Crippen molar-refractivity contribution in [2.24, 2.45) is 0 Å². The second kappa shape index (κ2) is 7.21. The molecule has 2 aromatic rings. The molecule has 0 saturated carbocycles. The number of nitrogens with one attached hydrogen (secondary N) is 1. The van der Waals surface area contributed by atoms with Crippen molar-refractivity contribution >= 4 is 11.6 Å². The smallest absolute Gasteiger partial charge is 0.274 e. The van der Waals surface area contributed by atoms with Gasteiger partial charge in [-0.25, -0.2) is 9.07 Å². The molecule has 1 amide bonds. The number of anilines is 1. The Balaban J connectivity index is 1.69. The molecule has 7 heteroatoms. The zero-order chi connectivity index (χ0) is 18.0. The molecule has 134 valence electrons. The largest absolute Gasteiger partial charge is 0.367 e. The van der Waals surface area contributed by atoms with E-state index in [1.807, 2.05) is 31.7 Å². The molecule has 3 rings (SSSR count). The lowest BCUT2D eigenvalue weighted by Crippen LogP contribution is -2.48. The summed E-state index contributed by atoms with van der Waals surface area (Å²) in [7, 11) is 0. The maximum atomic E-state index is 14.0. The van der Waals surface area contributed by atoms with Gasteiger partial charge in [-0.2, -0.15) is 0 Å². The van der Waals surface area contributed by atoms with Crippen LogP contribution in [0.3, 0.4) is 0 Å². The minimum atomic E-state index is -0.231. The number of aromatic nitrogens is 3. The Kier molecular flexibility index (Phi) is 5.01. The SMILES string of the molecule is Cc1c(C(=O)N[C@H]2CCCN(c3ccccc3F)C2)nnn1C(C)C. The van der Waals surface area contributed by atoms with Gasteiger partial charge in [0.2, 0.25) is 0 Å². The van der Waals surface area contributed by atoms with Gasteiger partial charge in [-0.1, -0.05) is 17.3 Å². The summed E-state index contributed by atoms with van der Waals surface area (Å²) in [4.78, 5) is 14.5. The van der Waals surface area contributed by atoms with E-state index >= 15 is 0 Å². The van der Waals surface area contributed by atoms with Crippen LogP contribution in [0, 0.1) is 12.7 Å². The van der Waals surface area contributed by atoms with Gasteiger partial charge in [-0.05, 0) is 45.7 Å². The van der Waals surface area contributed by atoms with E-state index in [2.05, 4.69) is 15.6 Å². The molecule has 1 aliphatic heterocycles. The minimum absolute atomic E-state index is 0.0375. The highest BCUT2D eigenvalue weighted by Crippen LogP contribution is 2.23. The molecule has 0 bridgehead atoms. The quantitative estimate of drug-likeness (QED) is 0.925. The van der Waals surface area contributed by atoms with Crippen molar-refractivity contribution in [3.05, 3.63) is 41.5 Å². The van der Waals surface area contributed by atoms with E-state index in [-0.39, 0.29) is 23.8 Å². The Morgan fingerprint density at radius 1 is 1.36 bits per heavy atom. The Morgan fingerprint density at radius 2 is 2.12 bits per heavy atom. The molecule has 0 unspecified atom stereocenters. The number of halogens is 1. The van der Waals surface area contributed by atoms with Gasteiger partial charge in [0.05, 0.1) is 11.4 Å². The molecule has 1 N–H and O–H groups in total. The van der Waals surface area contributed by atoms with E-state index in [9.17, 15) is 9.18 Å². The molecule has 1 aromatic heterocycles. The van der Waals surface area contributed by atoms with E-state index in [1.165, 1.54) is 6.07 Å². The Bertz CT molecular complexity index is 758. The van der Waals surface area contributed by atoms with Crippen molar-refractivity contribution in [1.82, 2.24) is 20.3 Å². The Labute approximate surface area is 147 Å². The van der Waals surface area contributed by atoms with E-state index in [0.29, 0.717) is 17.9 Å². The van der Waals surface area contributed by atoms with Crippen molar-refractivity contribution in [2.75, 3.05) is 18.0 Å². The molecule has 6 nitrogen and oxygen atoms in total. The van der Waals surface area contributed by atoms with E-state index in [4.69, 9.17) is 0 Å². The lowest BCUT2D eigenvalue weighted by molar-refractivity contribution is 0.0927. The lowest BCUT2D eigenvalue weighted by Gasteiger charge is -2.34. The predicted octanol–water partition coefficient (Wildman–Crippen LogP) is 2.71. The Hall–Kier alpha value is -2.44. The summed E-state index contributed by atoms with van der Waals surface area (Å²) in [6.07, 6.45) is 1.77. The molecule has 1 atom stereocenters. The fraction of sp³-hybridized carbons (Fsp3) is 0.500. The van der Waals surface area contributed by atoms with Gasteiger partial charge in [0.25, 0.3) is 5.91 Å².